The monoisotopic (exact) mass is 264 g/mol. The van der Waals surface area contributed by atoms with Crippen LogP contribution in [-0.4, -0.2) is 34.3 Å². The van der Waals surface area contributed by atoms with Gasteiger partial charge in [0.25, 0.3) is 0 Å². The number of hydrogen-bond donors (Lipinski definition) is 1. The standard InChI is InChI=1S/C14H20N2O3/c1-9-8-11(10-4-6-19-7-5-10)16-12(15-9)14(2,3)13(17)18/h8,10H,4-7H2,1-3H3,(H,17,18). The Bertz CT molecular complexity index is 480. The second-order valence-electron chi connectivity index (χ2n) is 5.57. The maximum absolute atomic E-state index is 11.3. The van der Waals surface area contributed by atoms with Crippen molar-refractivity contribution in [2.45, 2.75) is 44.9 Å². The number of ether oxygens (including phenoxy) is 1. The van der Waals surface area contributed by atoms with Crippen LogP contribution in [0.15, 0.2) is 6.07 Å². The molecule has 1 aromatic heterocycles. The van der Waals surface area contributed by atoms with E-state index in [1.807, 2.05) is 13.0 Å². The molecular formula is C14H20N2O3. The van der Waals surface area contributed by atoms with E-state index < -0.39 is 11.4 Å². The summed E-state index contributed by atoms with van der Waals surface area (Å²) in [6.45, 7) is 6.64. The highest BCUT2D eigenvalue weighted by Gasteiger charge is 2.33. The van der Waals surface area contributed by atoms with Crippen molar-refractivity contribution >= 4 is 5.97 Å². The minimum absolute atomic E-state index is 0.346. The average Bonchev–Trinajstić information content (AvgIpc) is 2.39. The molecule has 0 bridgehead atoms. The molecule has 0 aliphatic carbocycles. The van der Waals surface area contributed by atoms with Gasteiger partial charge in [0.2, 0.25) is 0 Å². The molecule has 5 nitrogen and oxygen atoms in total. The first-order chi connectivity index (χ1) is 8.91. The van der Waals surface area contributed by atoms with Crippen LogP contribution in [0.4, 0.5) is 0 Å². The van der Waals surface area contributed by atoms with Crippen molar-refractivity contribution in [2.24, 2.45) is 0 Å². The number of rotatable bonds is 3. The largest absolute Gasteiger partial charge is 0.481 e. The van der Waals surface area contributed by atoms with Crippen LogP contribution in [0.2, 0.25) is 0 Å². The summed E-state index contributed by atoms with van der Waals surface area (Å²) in [5.41, 5.74) is 0.701. The molecule has 2 rings (SSSR count). The van der Waals surface area contributed by atoms with Crippen molar-refractivity contribution in [1.29, 1.82) is 0 Å². The highest BCUT2D eigenvalue weighted by Crippen LogP contribution is 2.28. The Morgan fingerprint density at radius 3 is 2.58 bits per heavy atom. The zero-order valence-corrected chi connectivity index (χ0v) is 11.6. The van der Waals surface area contributed by atoms with E-state index in [0.717, 1.165) is 37.4 Å². The van der Waals surface area contributed by atoms with Gasteiger partial charge in [0.05, 0.1) is 0 Å². The molecule has 1 aliphatic heterocycles. The molecule has 5 heteroatoms. The Morgan fingerprint density at radius 1 is 1.37 bits per heavy atom. The molecule has 1 fully saturated rings. The minimum atomic E-state index is -1.06. The minimum Gasteiger partial charge on any atom is -0.481 e. The number of carboxylic acids is 1. The molecule has 19 heavy (non-hydrogen) atoms. The Hall–Kier alpha value is -1.49. The van der Waals surface area contributed by atoms with E-state index in [1.54, 1.807) is 13.8 Å². The number of hydrogen-bond acceptors (Lipinski definition) is 4. The van der Waals surface area contributed by atoms with E-state index in [9.17, 15) is 9.90 Å². The number of nitrogens with zero attached hydrogens (tertiary/aromatic N) is 2. The molecule has 0 amide bonds. The van der Waals surface area contributed by atoms with Crippen molar-refractivity contribution in [3.8, 4) is 0 Å². The predicted molar refractivity (Wildman–Crippen MR) is 70.2 cm³/mol. The fourth-order valence-corrected chi connectivity index (χ4v) is 2.17. The molecule has 0 atom stereocenters. The van der Waals surface area contributed by atoms with Crippen LogP contribution in [0.3, 0.4) is 0 Å². The van der Waals surface area contributed by atoms with Crippen molar-refractivity contribution in [1.82, 2.24) is 9.97 Å². The third kappa shape index (κ3) is 2.92. The van der Waals surface area contributed by atoms with E-state index in [-0.39, 0.29) is 0 Å². The topological polar surface area (TPSA) is 72.3 Å². The van der Waals surface area contributed by atoms with Gasteiger partial charge in [-0.05, 0) is 39.7 Å². The zero-order valence-electron chi connectivity index (χ0n) is 11.6. The Balaban J connectivity index is 2.36. The van der Waals surface area contributed by atoms with Crippen LogP contribution in [0, 0.1) is 6.92 Å². The van der Waals surface area contributed by atoms with Crippen LogP contribution in [0.25, 0.3) is 0 Å². The fraction of sp³-hybridized carbons (Fsp3) is 0.643. The third-order valence-corrected chi connectivity index (χ3v) is 3.61. The summed E-state index contributed by atoms with van der Waals surface area (Å²) < 4.78 is 5.35. The van der Waals surface area contributed by atoms with Gasteiger partial charge in [-0.15, -0.1) is 0 Å². The molecule has 0 spiro atoms. The van der Waals surface area contributed by atoms with Gasteiger partial charge in [-0.3, -0.25) is 4.79 Å². The lowest BCUT2D eigenvalue weighted by molar-refractivity contribution is -0.142. The highest BCUT2D eigenvalue weighted by atomic mass is 16.5. The summed E-state index contributed by atoms with van der Waals surface area (Å²) in [6, 6.07) is 1.96. The number of carbonyl (C=O) groups is 1. The number of aryl methyl sites for hydroxylation is 1. The molecule has 1 N–H and O–H groups in total. The van der Waals surface area contributed by atoms with Crippen LogP contribution in [-0.2, 0) is 14.9 Å². The molecule has 1 aromatic rings. The van der Waals surface area contributed by atoms with Gasteiger partial charge in [-0.1, -0.05) is 0 Å². The first-order valence-corrected chi connectivity index (χ1v) is 6.58. The Labute approximate surface area is 113 Å². The van der Waals surface area contributed by atoms with Crippen molar-refractivity contribution in [3.05, 3.63) is 23.3 Å². The molecule has 104 valence electrons. The molecule has 0 radical (unpaired) electrons. The van der Waals surface area contributed by atoms with E-state index in [1.165, 1.54) is 0 Å². The third-order valence-electron chi connectivity index (χ3n) is 3.61. The number of aromatic nitrogens is 2. The summed E-state index contributed by atoms with van der Waals surface area (Å²) in [5, 5.41) is 9.29. The molecule has 2 heterocycles. The lowest BCUT2D eigenvalue weighted by Gasteiger charge is -2.24. The quantitative estimate of drug-likeness (QED) is 0.904. The normalized spacial score (nSPS) is 17.4. The lowest BCUT2D eigenvalue weighted by Crippen LogP contribution is -2.32. The van der Waals surface area contributed by atoms with Gasteiger partial charge < -0.3 is 9.84 Å². The van der Waals surface area contributed by atoms with Gasteiger partial charge in [0, 0.05) is 30.5 Å². The average molecular weight is 264 g/mol. The molecule has 1 saturated heterocycles. The van der Waals surface area contributed by atoms with Crippen LogP contribution < -0.4 is 0 Å². The summed E-state index contributed by atoms with van der Waals surface area (Å²) in [4.78, 5) is 20.1. The molecular weight excluding hydrogens is 244 g/mol. The summed E-state index contributed by atoms with van der Waals surface area (Å²) in [5.74, 6) is -0.170. The van der Waals surface area contributed by atoms with Crippen LogP contribution in [0.1, 0.15) is 49.8 Å². The molecule has 1 aliphatic rings. The van der Waals surface area contributed by atoms with E-state index >= 15 is 0 Å². The Kier molecular flexibility index (Phi) is 3.85. The van der Waals surface area contributed by atoms with E-state index in [0.29, 0.717) is 11.7 Å². The smallest absolute Gasteiger partial charge is 0.316 e. The molecule has 0 unspecified atom stereocenters. The van der Waals surface area contributed by atoms with Gasteiger partial charge in [0.15, 0.2) is 0 Å². The van der Waals surface area contributed by atoms with Crippen molar-refractivity contribution < 1.29 is 14.6 Å². The second kappa shape index (κ2) is 5.25. The first-order valence-electron chi connectivity index (χ1n) is 6.58. The SMILES string of the molecule is Cc1cc(C2CCOCC2)nc(C(C)(C)C(=O)O)n1. The summed E-state index contributed by atoms with van der Waals surface area (Å²) >= 11 is 0. The number of carboxylic acid groups (broad SMARTS) is 1. The summed E-state index contributed by atoms with van der Waals surface area (Å²) in [7, 11) is 0. The first kappa shape index (κ1) is 13.9. The zero-order chi connectivity index (χ0) is 14.0. The lowest BCUT2D eigenvalue weighted by atomic mass is 9.91. The maximum atomic E-state index is 11.3. The van der Waals surface area contributed by atoms with Crippen molar-refractivity contribution in [2.75, 3.05) is 13.2 Å². The van der Waals surface area contributed by atoms with Gasteiger partial charge in [-0.25, -0.2) is 9.97 Å². The molecule has 0 saturated carbocycles. The predicted octanol–water partition coefficient (Wildman–Crippen LogP) is 2.04. The van der Waals surface area contributed by atoms with Crippen LogP contribution >= 0.6 is 0 Å². The van der Waals surface area contributed by atoms with Crippen LogP contribution in [0.5, 0.6) is 0 Å². The molecule has 0 aromatic carbocycles. The van der Waals surface area contributed by atoms with Gasteiger partial charge in [-0.2, -0.15) is 0 Å². The van der Waals surface area contributed by atoms with E-state index in [4.69, 9.17) is 4.74 Å². The van der Waals surface area contributed by atoms with E-state index in [2.05, 4.69) is 9.97 Å². The fourth-order valence-electron chi connectivity index (χ4n) is 2.17. The van der Waals surface area contributed by atoms with Gasteiger partial charge >= 0.3 is 5.97 Å². The maximum Gasteiger partial charge on any atom is 0.316 e. The van der Waals surface area contributed by atoms with Gasteiger partial charge in [0.1, 0.15) is 11.2 Å². The second-order valence-corrected chi connectivity index (χ2v) is 5.57. The Morgan fingerprint density at radius 2 is 2.00 bits per heavy atom. The number of aliphatic carboxylic acids is 1. The summed E-state index contributed by atoms with van der Waals surface area (Å²) in [6.07, 6.45) is 1.87. The van der Waals surface area contributed by atoms with Crippen molar-refractivity contribution in [3.63, 3.8) is 0 Å². The highest BCUT2D eigenvalue weighted by molar-refractivity contribution is 5.78.